The third-order valence-electron chi connectivity index (χ3n) is 4.72. The van der Waals surface area contributed by atoms with Gasteiger partial charge in [0, 0.05) is 6.04 Å². The summed E-state index contributed by atoms with van der Waals surface area (Å²) in [5, 5.41) is 0.808. The average molecular weight is 279 g/mol. The third kappa shape index (κ3) is 1.44. The lowest BCUT2D eigenvalue weighted by atomic mass is 9.95. The van der Waals surface area contributed by atoms with E-state index in [0.29, 0.717) is 6.04 Å². The molecule has 4 rings (SSSR count). The summed E-state index contributed by atoms with van der Waals surface area (Å²) in [6.45, 7) is 0. The predicted octanol–water partition coefficient (Wildman–Crippen LogP) is 4.71. The first-order valence-corrected chi connectivity index (χ1v) is 7.41. The number of aromatic nitrogens is 2. The first-order chi connectivity index (χ1) is 8.74. The highest BCUT2D eigenvalue weighted by atomic mass is 35.5. The molecule has 2 aliphatic rings. The SMILES string of the molecule is S=c1[nH]c2cccc(Cl)c2n1C1CC2CCC1C2. The molecule has 1 aromatic carbocycles. The lowest BCUT2D eigenvalue weighted by molar-refractivity contribution is 0.333. The molecule has 2 bridgehead atoms. The van der Waals surface area contributed by atoms with E-state index in [-0.39, 0.29) is 0 Å². The Morgan fingerprint density at radius 2 is 2.17 bits per heavy atom. The topological polar surface area (TPSA) is 20.7 Å². The minimum Gasteiger partial charge on any atom is -0.331 e. The van der Waals surface area contributed by atoms with E-state index in [1.165, 1.54) is 25.7 Å². The van der Waals surface area contributed by atoms with E-state index in [0.717, 1.165) is 32.7 Å². The van der Waals surface area contributed by atoms with Crippen molar-refractivity contribution in [2.24, 2.45) is 11.8 Å². The Balaban J connectivity index is 1.95. The number of halogens is 1. The number of H-pyrrole nitrogens is 1. The smallest absolute Gasteiger partial charge is 0.178 e. The minimum absolute atomic E-state index is 0.560. The molecule has 94 valence electrons. The molecule has 4 heteroatoms. The van der Waals surface area contributed by atoms with Gasteiger partial charge >= 0.3 is 0 Å². The van der Waals surface area contributed by atoms with E-state index in [2.05, 4.69) is 15.6 Å². The molecule has 2 aromatic rings. The molecule has 0 radical (unpaired) electrons. The van der Waals surface area contributed by atoms with E-state index in [1.54, 1.807) is 0 Å². The summed E-state index contributed by atoms with van der Waals surface area (Å²) >= 11 is 11.9. The highest BCUT2D eigenvalue weighted by Gasteiger charge is 2.41. The van der Waals surface area contributed by atoms with Crippen molar-refractivity contribution in [2.45, 2.75) is 31.7 Å². The van der Waals surface area contributed by atoms with E-state index in [1.807, 2.05) is 12.1 Å². The maximum absolute atomic E-state index is 6.37. The molecule has 0 amide bonds. The first-order valence-electron chi connectivity index (χ1n) is 6.63. The fourth-order valence-electron chi connectivity index (χ4n) is 3.98. The second-order valence-electron chi connectivity index (χ2n) is 5.68. The number of hydrogen-bond acceptors (Lipinski definition) is 1. The van der Waals surface area contributed by atoms with E-state index >= 15 is 0 Å². The van der Waals surface area contributed by atoms with Crippen LogP contribution in [-0.2, 0) is 0 Å². The van der Waals surface area contributed by atoms with Crippen molar-refractivity contribution in [3.05, 3.63) is 28.0 Å². The molecular weight excluding hydrogens is 264 g/mol. The van der Waals surface area contributed by atoms with Crippen LogP contribution in [-0.4, -0.2) is 9.55 Å². The summed E-state index contributed by atoms with van der Waals surface area (Å²) in [6.07, 6.45) is 5.42. The fourth-order valence-corrected chi connectivity index (χ4v) is 4.58. The molecule has 1 heterocycles. The van der Waals surface area contributed by atoms with Gasteiger partial charge in [-0.3, -0.25) is 0 Å². The highest BCUT2D eigenvalue weighted by Crippen LogP contribution is 2.51. The van der Waals surface area contributed by atoms with Crippen LogP contribution in [0.5, 0.6) is 0 Å². The zero-order valence-corrected chi connectivity index (χ0v) is 11.6. The zero-order valence-electron chi connectivity index (χ0n) is 10.0. The lowest BCUT2D eigenvalue weighted by Gasteiger charge is -2.24. The molecule has 2 nitrogen and oxygen atoms in total. The Kier molecular flexibility index (Phi) is 2.36. The highest BCUT2D eigenvalue weighted by molar-refractivity contribution is 7.71. The number of rotatable bonds is 1. The van der Waals surface area contributed by atoms with Crippen LogP contribution < -0.4 is 0 Å². The zero-order chi connectivity index (χ0) is 12.3. The maximum Gasteiger partial charge on any atom is 0.178 e. The molecule has 2 aliphatic carbocycles. The Bertz CT molecular complexity index is 672. The summed E-state index contributed by atoms with van der Waals surface area (Å²) in [5.74, 6) is 1.71. The fraction of sp³-hybridized carbons (Fsp3) is 0.500. The summed E-state index contributed by atoms with van der Waals surface area (Å²) in [7, 11) is 0. The molecule has 2 saturated carbocycles. The van der Waals surface area contributed by atoms with Gasteiger partial charge in [-0.1, -0.05) is 24.1 Å². The van der Waals surface area contributed by atoms with Crippen LogP contribution in [0.1, 0.15) is 31.7 Å². The number of para-hydroxylation sites is 1. The van der Waals surface area contributed by atoms with Gasteiger partial charge in [-0.2, -0.15) is 0 Å². The Morgan fingerprint density at radius 3 is 2.89 bits per heavy atom. The van der Waals surface area contributed by atoms with Gasteiger partial charge in [-0.05, 0) is 55.4 Å². The molecule has 0 spiro atoms. The van der Waals surface area contributed by atoms with Crippen LogP contribution in [0.3, 0.4) is 0 Å². The van der Waals surface area contributed by atoms with Crippen LogP contribution in [0, 0.1) is 16.6 Å². The van der Waals surface area contributed by atoms with Gasteiger partial charge in [0.25, 0.3) is 0 Å². The monoisotopic (exact) mass is 278 g/mol. The molecule has 2 fully saturated rings. The quantitative estimate of drug-likeness (QED) is 0.749. The Hall–Kier alpha value is -0.800. The van der Waals surface area contributed by atoms with Crippen molar-refractivity contribution >= 4 is 34.9 Å². The third-order valence-corrected chi connectivity index (χ3v) is 5.32. The van der Waals surface area contributed by atoms with Crippen molar-refractivity contribution in [3.63, 3.8) is 0 Å². The molecule has 1 N–H and O–H groups in total. The summed E-state index contributed by atoms with van der Waals surface area (Å²) < 4.78 is 3.12. The molecule has 3 atom stereocenters. The van der Waals surface area contributed by atoms with E-state index < -0.39 is 0 Å². The molecule has 3 unspecified atom stereocenters. The largest absolute Gasteiger partial charge is 0.331 e. The second kappa shape index (κ2) is 3.84. The van der Waals surface area contributed by atoms with Gasteiger partial charge in [-0.15, -0.1) is 0 Å². The summed E-state index contributed by atoms with van der Waals surface area (Å²) in [6, 6.07) is 6.54. The number of nitrogens with zero attached hydrogens (tertiary/aromatic N) is 1. The van der Waals surface area contributed by atoms with Crippen LogP contribution in [0.2, 0.25) is 5.02 Å². The summed E-state index contributed by atoms with van der Waals surface area (Å²) in [4.78, 5) is 3.30. The number of hydrogen-bond donors (Lipinski definition) is 1. The lowest BCUT2D eigenvalue weighted by Crippen LogP contribution is -2.16. The number of benzene rings is 1. The first kappa shape index (κ1) is 11.1. The number of fused-ring (bicyclic) bond motifs is 3. The molecule has 0 aliphatic heterocycles. The average Bonchev–Trinajstić information content (AvgIpc) is 3.01. The van der Waals surface area contributed by atoms with E-state index in [4.69, 9.17) is 23.8 Å². The van der Waals surface area contributed by atoms with Crippen molar-refractivity contribution in [1.82, 2.24) is 9.55 Å². The van der Waals surface area contributed by atoms with Crippen LogP contribution in [0.25, 0.3) is 11.0 Å². The predicted molar refractivity (Wildman–Crippen MR) is 76.6 cm³/mol. The van der Waals surface area contributed by atoms with Gasteiger partial charge in [0.1, 0.15) is 0 Å². The van der Waals surface area contributed by atoms with Gasteiger partial charge in [-0.25, -0.2) is 0 Å². The Labute approximate surface area is 116 Å². The summed E-state index contributed by atoms with van der Waals surface area (Å²) in [5.41, 5.74) is 2.16. The number of imidazole rings is 1. The van der Waals surface area contributed by atoms with E-state index in [9.17, 15) is 0 Å². The van der Waals surface area contributed by atoms with Gasteiger partial charge in [0.2, 0.25) is 0 Å². The van der Waals surface area contributed by atoms with Crippen LogP contribution in [0.4, 0.5) is 0 Å². The van der Waals surface area contributed by atoms with Gasteiger partial charge in [0.05, 0.1) is 16.1 Å². The Morgan fingerprint density at radius 1 is 1.28 bits per heavy atom. The second-order valence-corrected chi connectivity index (χ2v) is 6.47. The van der Waals surface area contributed by atoms with Crippen LogP contribution in [0.15, 0.2) is 18.2 Å². The molecule has 1 aromatic heterocycles. The maximum atomic E-state index is 6.37. The minimum atomic E-state index is 0.560. The van der Waals surface area contributed by atoms with Crippen LogP contribution >= 0.6 is 23.8 Å². The van der Waals surface area contributed by atoms with Crippen molar-refractivity contribution in [3.8, 4) is 0 Å². The molecular formula is C14H15ClN2S. The van der Waals surface area contributed by atoms with Gasteiger partial charge in [0.15, 0.2) is 4.77 Å². The van der Waals surface area contributed by atoms with Crippen molar-refractivity contribution < 1.29 is 0 Å². The normalized spacial score (nSPS) is 30.4. The van der Waals surface area contributed by atoms with Crippen molar-refractivity contribution in [1.29, 1.82) is 0 Å². The van der Waals surface area contributed by atoms with Crippen molar-refractivity contribution in [2.75, 3.05) is 0 Å². The number of nitrogens with one attached hydrogen (secondary N) is 1. The molecule has 18 heavy (non-hydrogen) atoms. The molecule has 0 saturated heterocycles. The number of aromatic amines is 1. The standard InChI is InChI=1S/C14H15ClN2S/c15-10-2-1-3-11-13(10)17(14(18)16-11)12-7-8-4-5-9(12)6-8/h1-3,8-9,12H,4-7H2,(H,16,18). The van der Waals surface area contributed by atoms with Gasteiger partial charge < -0.3 is 9.55 Å².